The number of hydrogen-bond donors (Lipinski definition) is 1. The number of likely N-dealkylation sites (tertiary alicyclic amines) is 1. The minimum atomic E-state index is -0.925. The van der Waals surface area contributed by atoms with Crippen molar-refractivity contribution in [3.63, 3.8) is 0 Å². The van der Waals surface area contributed by atoms with Gasteiger partial charge in [0.25, 0.3) is 0 Å². The van der Waals surface area contributed by atoms with Crippen LogP contribution in [0.15, 0.2) is 12.1 Å². The maximum absolute atomic E-state index is 14.0. The lowest BCUT2D eigenvalue weighted by atomic mass is 9.96. The van der Waals surface area contributed by atoms with Crippen LogP contribution in [-0.2, 0) is 20.9 Å². The first-order valence-corrected chi connectivity index (χ1v) is 9.74. The van der Waals surface area contributed by atoms with Crippen molar-refractivity contribution in [3.05, 3.63) is 34.9 Å². The van der Waals surface area contributed by atoms with E-state index in [0.29, 0.717) is 39.1 Å². The SMILES string of the molecule is Cc1ccc(CNC(=O)[C@H]2CCC(=O)N(CCN3CCOCC3)C2)c(F)c1F. The van der Waals surface area contributed by atoms with Crippen molar-refractivity contribution >= 4 is 11.8 Å². The molecule has 0 aromatic heterocycles. The van der Waals surface area contributed by atoms with Crippen LogP contribution in [0.3, 0.4) is 0 Å². The van der Waals surface area contributed by atoms with Crippen molar-refractivity contribution in [1.29, 1.82) is 0 Å². The van der Waals surface area contributed by atoms with Gasteiger partial charge >= 0.3 is 0 Å². The highest BCUT2D eigenvalue weighted by molar-refractivity contribution is 5.83. The predicted octanol–water partition coefficient (Wildman–Crippen LogP) is 1.46. The number of rotatable bonds is 6. The molecule has 1 aromatic carbocycles. The largest absolute Gasteiger partial charge is 0.379 e. The molecule has 2 aliphatic heterocycles. The molecule has 3 rings (SSSR count). The van der Waals surface area contributed by atoms with E-state index in [2.05, 4.69) is 10.2 Å². The molecule has 0 spiro atoms. The second-order valence-electron chi connectivity index (χ2n) is 7.42. The zero-order valence-corrected chi connectivity index (χ0v) is 16.2. The van der Waals surface area contributed by atoms with Crippen molar-refractivity contribution in [2.45, 2.75) is 26.3 Å². The molecule has 2 amide bonds. The molecule has 1 aromatic rings. The van der Waals surface area contributed by atoms with Crippen molar-refractivity contribution < 1.29 is 23.1 Å². The maximum Gasteiger partial charge on any atom is 0.225 e. The fraction of sp³-hybridized carbons (Fsp3) is 0.600. The Morgan fingerprint density at radius 3 is 2.71 bits per heavy atom. The maximum atomic E-state index is 14.0. The molecule has 1 atom stereocenters. The zero-order valence-electron chi connectivity index (χ0n) is 16.2. The number of carbonyl (C=O) groups excluding carboxylic acids is 2. The molecular formula is C20H27F2N3O3. The fourth-order valence-electron chi connectivity index (χ4n) is 3.58. The Bertz CT molecular complexity index is 723. The van der Waals surface area contributed by atoms with E-state index in [4.69, 9.17) is 4.74 Å². The summed E-state index contributed by atoms with van der Waals surface area (Å²) < 4.78 is 32.9. The number of ether oxygens (including phenoxy) is 1. The molecule has 2 saturated heterocycles. The van der Waals surface area contributed by atoms with Gasteiger partial charge in [-0.05, 0) is 18.9 Å². The van der Waals surface area contributed by atoms with Crippen molar-refractivity contribution in [3.8, 4) is 0 Å². The van der Waals surface area contributed by atoms with Crippen molar-refractivity contribution in [2.75, 3.05) is 45.9 Å². The molecule has 0 aliphatic carbocycles. The van der Waals surface area contributed by atoms with Gasteiger partial charge in [-0.1, -0.05) is 12.1 Å². The molecular weight excluding hydrogens is 368 g/mol. The van der Waals surface area contributed by atoms with Gasteiger partial charge in [0.1, 0.15) is 0 Å². The van der Waals surface area contributed by atoms with Gasteiger partial charge in [0.15, 0.2) is 11.6 Å². The number of nitrogens with one attached hydrogen (secondary N) is 1. The summed E-state index contributed by atoms with van der Waals surface area (Å²) >= 11 is 0. The molecule has 0 unspecified atom stereocenters. The lowest BCUT2D eigenvalue weighted by Crippen LogP contribution is -2.49. The van der Waals surface area contributed by atoms with Crippen LogP contribution in [0.1, 0.15) is 24.0 Å². The molecule has 0 bridgehead atoms. The summed E-state index contributed by atoms with van der Waals surface area (Å²) in [4.78, 5) is 28.7. The lowest BCUT2D eigenvalue weighted by molar-refractivity contribution is -0.138. The summed E-state index contributed by atoms with van der Waals surface area (Å²) in [6.45, 7) is 6.24. The molecule has 1 N–H and O–H groups in total. The Labute approximate surface area is 163 Å². The first kappa shape index (κ1) is 20.7. The van der Waals surface area contributed by atoms with E-state index in [1.165, 1.54) is 19.1 Å². The summed E-state index contributed by atoms with van der Waals surface area (Å²) in [6.07, 6.45) is 0.804. The average molecular weight is 395 g/mol. The molecule has 0 radical (unpaired) electrons. The Balaban J connectivity index is 1.50. The summed E-state index contributed by atoms with van der Waals surface area (Å²) in [5, 5.41) is 2.69. The third-order valence-corrected chi connectivity index (χ3v) is 5.47. The van der Waals surface area contributed by atoms with Crippen LogP contribution in [0, 0.1) is 24.5 Å². The van der Waals surface area contributed by atoms with E-state index in [1.807, 2.05) is 0 Å². The third-order valence-electron chi connectivity index (χ3n) is 5.47. The van der Waals surface area contributed by atoms with Crippen molar-refractivity contribution in [1.82, 2.24) is 15.1 Å². The normalized spacial score (nSPS) is 21.0. The molecule has 8 heteroatoms. The number of carbonyl (C=O) groups is 2. The predicted molar refractivity (Wildman–Crippen MR) is 99.5 cm³/mol. The summed E-state index contributed by atoms with van der Waals surface area (Å²) in [7, 11) is 0. The fourth-order valence-corrected chi connectivity index (χ4v) is 3.58. The van der Waals surface area contributed by atoms with E-state index < -0.39 is 11.6 Å². The highest BCUT2D eigenvalue weighted by Gasteiger charge is 2.30. The Kier molecular flexibility index (Phi) is 6.96. The molecule has 2 aliphatic rings. The van der Waals surface area contributed by atoms with Crippen LogP contribution in [0.2, 0.25) is 0 Å². The van der Waals surface area contributed by atoms with E-state index in [1.54, 1.807) is 4.90 Å². The van der Waals surface area contributed by atoms with Gasteiger partial charge in [-0.3, -0.25) is 14.5 Å². The molecule has 0 saturated carbocycles. The number of halogens is 2. The topological polar surface area (TPSA) is 61.9 Å². The molecule has 28 heavy (non-hydrogen) atoms. The second-order valence-corrected chi connectivity index (χ2v) is 7.42. The Morgan fingerprint density at radius 2 is 1.96 bits per heavy atom. The number of hydrogen-bond acceptors (Lipinski definition) is 4. The monoisotopic (exact) mass is 395 g/mol. The van der Waals surface area contributed by atoms with E-state index >= 15 is 0 Å². The smallest absolute Gasteiger partial charge is 0.225 e. The number of morpholine rings is 1. The quantitative estimate of drug-likeness (QED) is 0.792. The van der Waals surface area contributed by atoms with Gasteiger partial charge in [-0.2, -0.15) is 0 Å². The van der Waals surface area contributed by atoms with E-state index in [-0.39, 0.29) is 35.4 Å². The number of amides is 2. The number of nitrogens with zero attached hydrogens (tertiary/aromatic N) is 2. The zero-order chi connectivity index (χ0) is 20.1. The number of benzene rings is 1. The highest BCUT2D eigenvalue weighted by atomic mass is 19.2. The highest BCUT2D eigenvalue weighted by Crippen LogP contribution is 2.19. The standard InChI is InChI=1S/C20H27F2N3O3/c1-14-2-3-15(19(22)18(14)21)12-23-20(27)16-4-5-17(26)25(13-16)7-6-24-8-10-28-11-9-24/h2-3,16H,4-13H2,1H3,(H,23,27)/t16-/m0/s1. The van der Waals surface area contributed by atoms with Crippen LogP contribution in [0.25, 0.3) is 0 Å². The number of aryl methyl sites for hydroxylation is 1. The minimum absolute atomic E-state index is 0.0592. The molecule has 6 nitrogen and oxygen atoms in total. The first-order chi connectivity index (χ1) is 13.5. The first-order valence-electron chi connectivity index (χ1n) is 9.74. The third kappa shape index (κ3) is 5.05. The second kappa shape index (κ2) is 9.43. The van der Waals surface area contributed by atoms with Crippen molar-refractivity contribution in [2.24, 2.45) is 5.92 Å². The Morgan fingerprint density at radius 1 is 1.21 bits per heavy atom. The van der Waals surface area contributed by atoms with Gasteiger partial charge in [0.2, 0.25) is 11.8 Å². The van der Waals surface area contributed by atoms with Gasteiger partial charge < -0.3 is 15.0 Å². The van der Waals surface area contributed by atoms with Crippen LogP contribution < -0.4 is 5.32 Å². The summed E-state index contributed by atoms with van der Waals surface area (Å²) in [5.41, 5.74) is 0.349. The van der Waals surface area contributed by atoms with Gasteiger partial charge in [0, 0.05) is 51.3 Å². The van der Waals surface area contributed by atoms with Crippen LogP contribution in [0.4, 0.5) is 8.78 Å². The summed E-state index contributed by atoms with van der Waals surface area (Å²) in [5.74, 6) is -2.32. The van der Waals surface area contributed by atoms with E-state index in [0.717, 1.165) is 19.6 Å². The Hall–Kier alpha value is -2.06. The minimum Gasteiger partial charge on any atom is -0.379 e. The molecule has 2 fully saturated rings. The van der Waals surface area contributed by atoms with E-state index in [9.17, 15) is 18.4 Å². The summed E-state index contributed by atoms with van der Waals surface area (Å²) in [6, 6.07) is 2.97. The van der Waals surface area contributed by atoms with Gasteiger partial charge in [-0.25, -0.2) is 8.78 Å². The average Bonchev–Trinajstić information content (AvgIpc) is 2.71. The van der Waals surface area contributed by atoms with Gasteiger partial charge in [-0.15, -0.1) is 0 Å². The van der Waals surface area contributed by atoms with Crippen LogP contribution in [-0.4, -0.2) is 67.6 Å². The van der Waals surface area contributed by atoms with Gasteiger partial charge in [0.05, 0.1) is 19.1 Å². The van der Waals surface area contributed by atoms with Crippen LogP contribution >= 0.6 is 0 Å². The van der Waals surface area contributed by atoms with Crippen LogP contribution in [0.5, 0.6) is 0 Å². The molecule has 154 valence electrons. The lowest BCUT2D eigenvalue weighted by Gasteiger charge is -2.34. The molecule has 2 heterocycles. The number of piperidine rings is 1.